The fourth-order valence-corrected chi connectivity index (χ4v) is 4.52. The number of nitrogens with one attached hydrogen (secondary N) is 1. The maximum absolute atomic E-state index is 14.5. The average molecular weight is 574 g/mol. The van der Waals surface area contributed by atoms with Crippen LogP contribution in [-0.2, 0) is 22.9 Å². The van der Waals surface area contributed by atoms with Crippen molar-refractivity contribution < 1.29 is 41.4 Å². The largest absolute Gasteiger partial charge is 0.489 e. The molecule has 1 unspecified atom stereocenters. The Balaban J connectivity index is 1.59. The van der Waals surface area contributed by atoms with Crippen molar-refractivity contribution in [1.82, 2.24) is 14.9 Å². The van der Waals surface area contributed by atoms with E-state index in [0.29, 0.717) is 0 Å². The van der Waals surface area contributed by atoms with E-state index in [1.54, 1.807) is 0 Å². The van der Waals surface area contributed by atoms with E-state index in [2.05, 4.69) is 10.3 Å². The Morgan fingerprint density at radius 1 is 1.17 bits per heavy atom. The zero-order chi connectivity index (χ0) is 29.9. The Hall–Kier alpha value is -4.72. The lowest BCUT2D eigenvalue weighted by molar-refractivity contribution is -0.265. The van der Waals surface area contributed by atoms with Crippen LogP contribution < -0.4 is 21.5 Å². The zero-order valence-electron chi connectivity index (χ0n) is 21.5. The molecule has 0 saturated heterocycles. The maximum atomic E-state index is 14.5. The summed E-state index contributed by atoms with van der Waals surface area (Å²) in [6, 6.07) is 9.28. The van der Waals surface area contributed by atoms with E-state index in [-0.39, 0.29) is 45.8 Å². The number of fused-ring (bicyclic) bond motifs is 2. The predicted octanol–water partition coefficient (Wildman–Crippen LogP) is 2.65. The third-order valence-electron chi connectivity index (χ3n) is 7.19. The van der Waals surface area contributed by atoms with E-state index in [0.717, 1.165) is 22.8 Å². The average Bonchev–Trinajstić information content (AvgIpc) is 3.42. The fourth-order valence-electron chi connectivity index (χ4n) is 4.52. The first-order valence-corrected chi connectivity index (χ1v) is 12.1. The number of halogens is 4. The molecule has 2 aromatic heterocycles. The second-order valence-corrected chi connectivity index (χ2v) is 9.87. The monoisotopic (exact) mass is 574 g/mol. The molecule has 1 aliphatic heterocycles. The minimum absolute atomic E-state index is 0.0470. The van der Waals surface area contributed by atoms with Gasteiger partial charge >= 0.3 is 11.9 Å². The molecule has 0 saturated carbocycles. The third-order valence-corrected chi connectivity index (χ3v) is 7.19. The first-order chi connectivity index (χ1) is 19.2. The molecule has 2 aromatic carbocycles. The van der Waals surface area contributed by atoms with Crippen LogP contribution in [0.5, 0.6) is 5.75 Å². The van der Waals surface area contributed by atoms with Crippen molar-refractivity contribution in [2.24, 2.45) is 12.8 Å². The highest BCUT2D eigenvalue weighted by Gasteiger charge is 2.57. The highest BCUT2D eigenvalue weighted by molar-refractivity contribution is 5.97. The van der Waals surface area contributed by atoms with Gasteiger partial charge in [-0.2, -0.15) is 13.2 Å². The van der Waals surface area contributed by atoms with E-state index < -0.39 is 52.8 Å². The van der Waals surface area contributed by atoms with Gasteiger partial charge in [-0.05, 0) is 55.5 Å². The van der Waals surface area contributed by atoms with Crippen LogP contribution in [-0.4, -0.2) is 45.8 Å². The number of nitrogens with zero attached hydrogens (tertiary/aromatic N) is 2. The number of aryl methyl sites for hydroxylation is 1. The Morgan fingerprint density at radius 2 is 1.85 bits per heavy atom. The van der Waals surface area contributed by atoms with Crippen LogP contribution in [0.15, 0.2) is 57.7 Å². The number of aliphatic hydroxyl groups is 1. The van der Waals surface area contributed by atoms with Gasteiger partial charge in [-0.15, -0.1) is 0 Å². The van der Waals surface area contributed by atoms with Gasteiger partial charge in [-0.25, -0.2) is 14.2 Å². The van der Waals surface area contributed by atoms with E-state index in [4.69, 9.17) is 14.9 Å². The van der Waals surface area contributed by atoms with Gasteiger partial charge in [0, 0.05) is 23.7 Å². The first-order valence-electron chi connectivity index (χ1n) is 12.1. The second kappa shape index (κ2) is 9.44. The summed E-state index contributed by atoms with van der Waals surface area (Å²) >= 11 is 0. The highest BCUT2D eigenvalue weighted by atomic mass is 19.4. The van der Waals surface area contributed by atoms with E-state index in [9.17, 15) is 37.1 Å². The lowest BCUT2D eigenvalue weighted by Gasteiger charge is -2.31. The van der Waals surface area contributed by atoms with Crippen LogP contribution >= 0.6 is 0 Å². The summed E-state index contributed by atoms with van der Waals surface area (Å²) in [5.41, 5.74) is -0.548. The normalized spacial score (nSPS) is 18.0. The summed E-state index contributed by atoms with van der Waals surface area (Å²) in [5, 5.41) is 13.2. The molecule has 0 fully saturated rings. The molecule has 2 amide bonds. The predicted molar refractivity (Wildman–Crippen MR) is 135 cm³/mol. The Bertz CT molecular complexity index is 1760. The van der Waals surface area contributed by atoms with Crippen molar-refractivity contribution in [3.8, 4) is 17.0 Å². The summed E-state index contributed by atoms with van der Waals surface area (Å²) in [6.45, 7) is -0.315. The van der Waals surface area contributed by atoms with Crippen molar-refractivity contribution in [2.75, 3.05) is 13.2 Å². The molecule has 3 heterocycles. The number of amides is 2. The standard InChI is InChI=1S/C27H22F4N4O6/c1-25(23(32)37)12-40-21-16(25)10-19(34-20(21)13-3-6-15(28)7-4-13)26(39,27(29,30)31)11-33-22(36)14-5-8-18-17(9-14)35(2)24(38)41-18/h3-10,39H,11-12H2,1-2H3,(H2,32,37)(H,33,36)/t25-,26?/m0/s1. The van der Waals surface area contributed by atoms with E-state index >= 15 is 0 Å². The molecule has 41 heavy (non-hydrogen) atoms. The molecule has 4 aromatic rings. The number of ether oxygens (including phenoxy) is 1. The number of pyridine rings is 1. The maximum Gasteiger partial charge on any atom is 0.424 e. The molecular weight excluding hydrogens is 552 g/mol. The van der Waals surface area contributed by atoms with Crippen LogP contribution in [0.4, 0.5) is 17.6 Å². The number of oxazole rings is 1. The Kier molecular flexibility index (Phi) is 6.41. The number of rotatable bonds is 6. The van der Waals surface area contributed by atoms with Crippen LogP contribution in [0.2, 0.25) is 0 Å². The van der Waals surface area contributed by atoms with E-state index in [1.165, 1.54) is 44.3 Å². The van der Waals surface area contributed by atoms with Gasteiger partial charge in [0.1, 0.15) is 29.3 Å². The highest BCUT2D eigenvalue weighted by Crippen LogP contribution is 2.47. The summed E-state index contributed by atoms with van der Waals surface area (Å²) in [5.74, 6) is -3.25. The number of hydrogen-bond donors (Lipinski definition) is 3. The van der Waals surface area contributed by atoms with Crippen molar-refractivity contribution >= 4 is 22.9 Å². The zero-order valence-corrected chi connectivity index (χ0v) is 21.5. The summed E-state index contributed by atoms with van der Waals surface area (Å²) < 4.78 is 68.9. The lowest BCUT2D eigenvalue weighted by atomic mass is 9.81. The van der Waals surface area contributed by atoms with Gasteiger partial charge < -0.3 is 25.3 Å². The molecule has 14 heteroatoms. The number of alkyl halides is 3. The van der Waals surface area contributed by atoms with Gasteiger partial charge in [-0.3, -0.25) is 14.2 Å². The minimum atomic E-state index is -5.37. The number of aromatic nitrogens is 2. The van der Waals surface area contributed by atoms with Gasteiger partial charge in [0.05, 0.1) is 17.8 Å². The lowest BCUT2D eigenvalue weighted by Crippen LogP contribution is -2.51. The molecule has 0 aliphatic carbocycles. The van der Waals surface area contributed by atoms with Crippen LogP contribution in [0, 0.1) is 5.82 Å². The van der Waals surface area contributed by atoms with Crippen molar-refractivity contribution in [3.05, 3.63) is 81.7 Å². The summed E-state index contributed by atoms with van der Waals surface area (Å²) in [4.78, 5) is 41.0. The smallest absolute Gasteiger partial charge is 0.424 e. The SMILES string of the molecule is Cn1c(=O)oc2ccc(C(=O)NCC(O)(c3cc4c(c(-c5ccc(F)cc5)n3)OC[C@]4(C)C(N)=O)C(F)(F)F)cc21. The number of carbonyl (C=O) groups excluding carboxylic acids is 2. The number of nitrogens with two attached hydrogens (primary N) is 1. The van der Waals surface area contributed by atoms with Gasteiger partial charge in [-0.1, -0.05) is 0 Å². The molecule has 2 atom stereocenters. The summed E-state index contributed by atoms with van der Waals surface area (Å²) in [6.07, 6.45) is -5.37. The van der Waals surface area contributed by atoms with Gasteiger partial charge in [0.25, 0.3) is 5.91 Å². The Labute approximate surface area is 228 Å². The molecule has 0 radical (unpaired) electrons. The Morgan fingerprint density at radius 3 is 2.49 bits per heavy atom. The summed E-state index contributed by atoms with van der Waals surface area (Å²) in [7, 11) is 1.39. The van der Waals surface area contributed by atoms with Crippen molar-refractivity contribution in [2.45, 2.75) is 24.1 Å². The second-order valence-electron chi connectivity index (χ2n) is 9.87. The fraction of sp³-hybridized carbons (Fsp3) is 0.259. The number of primary amides is 1. The van der Waals surface area contributed by atoms with Gasteiger partial charge in [0.15, 0.2) is 5.58 Å². The molecule has 4 N–H and O–H groups in total. The molecular formula is C27H22F4N4O6. The molecule has 214 valence electrons. The van der Waals surface area contributed by atoms with Gasteiger partial charge in [0.2, 0.25) is 11.5 Å². The van der Waals surface area contributed by atoms with Crippen LogP contribution in [0.1, 0.15) is 28.5 Å². The number of benzene rings is 2. The molecule has 1 aliphatic rings. The topological polar surface area (TPSA) is 150 Å². The number of hydrogen-bond acceptors (Lipinski definition) is 7. The quantitative estimate of drug-likeness (QED) is 0.300. The molecule has 0 spiro atoms. The number of carbonyl (C=O) groups is 2. The minimum Gasteiger partial charge on any atom is -0.489 e. The van der Waals surface area contributed by atoms with Crippen molar-refractivity contribution in [3.63, 3.8) is 0 Å². The molecule has 5 rings (SSSR count). The van der Waals surface area contributed by atoms with Crippen LogP contribution in [0.3, 0.4) is 0 Å². The first kappa shape index (κ1) is 27.8. The van der Waals surface area contributed by atoms with Crippen LogP contribution in [0.25, 0.3) is 22.4 Å². The molecule has 0 bridgehead atoms. The van der Waals surface area contributed by atoms with Crippen molar-refractivity contribution in [1.29, 1.82) is 0 Å². The molecule has 10 nitrogen and oxygen atoms in total. The third kappa shape index (κ3) is 4.49. The van der Waals surface area contributed by atoms with E-state index in [1.807, 2.05) is 0 Å².